The van der Waals surface area contributed by atoms with Crippen LogP contribution in [0.4, 0.5) is 17.8 Å². The fraction of sp³-hybridized carbons (Fsp3) is 0.261. The molecule has 0 aliphatic carbocycles. The molecular weight excluding hydrogens is 418 g/mol. The van der Waals surface area contributed by atoms with Crippen molar-refractivity contribution in [2.45, 2.75) is 6.42 Å². The number of H-pyrrole nitrogens is 1. The first-order chi connectivity index (χ1) is 16.3. The number of anilines is 3. The maximum Gasteiger partial charge on any atom is 0.250 e. The number of nitrogens with one attached hydrogen (secondary N) is 3. The van der Waals surface area contributed by atoms with Crippen LogP contribution in [0.3, 0.4) is 0 Å². The Balaban J connectivity index is 1.30. The van der Waals surface area contributed by atoms with E-state index in [9.17, 15) is 0 Å². The molecule has 33 heavy (non-hydrogen) atoms. The van der Waals surface area contributed by atoms with Crippen LogP contribution in [0, 0.1) is 0 Å². The number of hydrogen-bond donors (Lipinski definition) is 3. The predicted molar refractivity (Wildman–Crippen MR) is 129 cm³/mol. The van der Waals surface area contributed by atoms with Crippen molar-refractivity contribution in [3.8, 4) is 0 Å². The van der Waals surface area contributed by atoms with Gasteiger partial charge in [0.2, 0.25) is 17.8 Å². The van der Waals surface area contributed by atoms with E-state index in [0.717, 1.165) is 41.8 Å². The Kier molecular flexibility index (Phi) is 6.34. The third kappa shape index (κ3) is 5.42. The van der Waals surface area contributed by atoms with Crippen molar-refractivity contribution >= 4 is 35.0 Å². The van der Waals surface area contributed by atoms with Crippen molar-refractivity contribution in [1.82, 2.24) is 24.9 Å². The van der Waals surface area contributed by atoms with E-state index in [1.54, 1.807) is 12.4 Å². The van der Waals surface area contributed by atoms with Crippen LogP contribution in [0.1, 0.15) is 11.4 Å². The van der Waals surface area contributed by atoms with Gasteiger partial charge in [0.25, 0.3) is 0 Å². The molecule has 1 fully saturated rings. The summed E-state index contributed by atoms with van der Waals surface area (Å²) in [5.74, 6) is 1.46. The minimum absolute atomic E-state index is 0.374. The summed E-state index contributed by atoms with van der Waals surface area (Å²) in [5.41, 5.74) is 5.90. The molecule has 0 spiro atoms. The van der Waals surface area contributed by atoms with Gasteiger partial charge >= 0.3 is 0 Å². The fourth-order valence-electron chi connectivity index (χ4n) is 3.57. The number of rotatable bonds is 8. The lowest BCUT2D eigenvalue weighted by atomic mass is 10.2. The summed E-state index contributed by atoms with van der Waals surface area (Å²) in [7, 11) is 0. The third-order valence-electron chi connectivity index (χ3n) is 5.23. The van der Waals surface area contributed by atoms with Crippen LogP contribution in [-0.2, 0) is 11.2 Å². The van der Waals surface area contributed by atoms with Crippen LogP contribution >= 0.6 is 0 Å². The highest BCUT2D eigenvalue weighted by molar-refractivity contribution is 5.89. The van der Waals surface area contributed by atoms with E-state index in [1.165, 1.54) is 0 Å². The Labute approximate surface area is 191 Å². The lowest BCUT2D eigenvalue weighted by Crippen LogP contribution is -2.37. The Morgan fingerprint density at radius 1 is 1.03 bits per heavy atom. The number of ether oxygens (including phenoxy) is 1. The minimum atomic E-state index is 0.374. The summed E-state index contributed by atoms with van der Waals surface area (Å²) in [6.45, 7) is 3.41. The molecule has 0 saturated carbocycles. The van der Waals surface area contributed by atoms with Crippen molar-refractivity contribution in [3.05, 3.63) is 66.1 Å². The molecule has 168 valence electrons. The summed E-state index contributed by atoms with van der Waals surface area (Å²) in [4.78, 5) is 23.4. The van der Waals surface area contributed by atoms with Crippen LogP contribution in [0.25, 0.3) is 10.9 Å². The van der Waals surface area contributed by atoms with Gasteiger partial charge in [-0.15, -0.1) is 0 Å². The topological polar surface area (TPSA) is 116 Å². The fourth-order valence-corrected chi connectivity index (χ4v) is 3.57. The van der Waals surface area contributed by atoms with Crippen LogP contribution in [0.2, 0.25) is 0 Å². The molecule has 0 atom stereocenters. The van der Waals surface area contributed by atoms with Gasteiger partial charge < -0.3 is 19.9 Å². The Morgan fingerprint density at radius 3 is 2.73 bits per heavy atom. The van der Waals surface area contributed by atoms with E-state index in [-0.39, 0.29) is 0 Å². The Bertz CT molecular complexity index is 1190. The SMILES string of the molecule is C(=N\Nc1nc(NCCc2ccccn2)nc(N2CCOCC2)n1)/c1cc2ccccc2[nH]1. The summed E-state index contributed by atoms with van der Waals surface area (Å²) in [5, 5.41) is 8.74. The molecule has 1 aliphatic rings. The number of nitrogens with zero attached hydrogens (tertiary/aromatic N) is 6. The normalized spacial score (nSPS) is 14.1. The highest BCUT2D eigenvalue weighted by Gasteiger charge is 2.16. The molecular formula is C23H25N9O. The second kappa shape index (κ2) is 10.0. The molecule has 3 N–H and O–H groups in total. The molecule has 4 heterocycles. The Hall–Kier alpha value is -4.05. The molecule has 10 heteroatoms. The number of morpholine rings is 1. The van der Waals surface area contributed by atoms with E-state index in [0.29, 0.717) is 37.6 Å². The second-order valence-electron chi connectivity index (χ2n) is 7.56. The van der Waals surface area contributed by atoms with Gasteiger partial charge in [-0.2, -0.15) is 20.1 Å². The Morgan fingerprint density at radius 2 is 1.88 bits per heavy atom. The van der Waals surface area contributed by atoms with Crippen molar-refractivity contribution in [1.29, 1.82) is 0 Å². The number of fused-ring (bicyclic) bond motifs is 1. The maximum atomic E-state index is 5.46. The number of hydrazone groups is 1. The average Bonchev–Trinajstić information content (AvgIpc) is 3.28. The largest absolute Gasteiger partial charge is 0.378 e. The lowest BCUT2D eigenvalue weighted by Gasteiger charge is -2.27. The maximum absolute atomic E-state index is 5.46. The molecule has 0 bridgehead atoms. The van der Waals surface area contributed by atoms with Gasteiger partial charge in [-0.05, 0) is 24.3 Å². The van der Waals surface area contributed by atoms with E-state index < -0.39 is 0 Å². The van der Waals surface area contributed by atoms with Crippen LogP contribution in [0.5, 0.6) is 0 Å². The molecule has 3 aromatic heterocycles. The van der Waals surface area contributed by atoms with E-state index in [1.807, 2.05) is 42.5 Å². The molecule has 5 rings (SSSR count). The summed E-state index contributed by atoms with van der Waals surface area (Å²) < 4.78 is 5.46. The molecule has 0 amide bonds. The van der Waals surface area contributed by atoms with Gasteiger partial charge in [0.15, 0.2) is 0 Å². The number of benzene rings is 1. The summed E-state index contributed by atoms with van der Waals surface area (Å²) in [6, 6.07) is 16.0. The lowest BCUT2D eigenvalue weighted by molar-refractivity contribution is 0.122. The van der Waals surface area contributed by atoms with Gasteiger partial charge in [-0.25, -0.2) is 5.43 Å². The zero-order valence-corrected chi connectivity index (χ0v) is 18.1. The number of hydrogen-bond acceptors (Lipinski definition) is 9. The molecule has 0 unspecified atom stereocenters. The van der Waals surface area contributed by atoms with Crippen molar-refractivity contribution in [2.75, 3.05) is 48.5 Å². The van der Waals surface area contributed by atoms with Gasteiger partial charge in [0.05, 0.1) is 25.1 Å². The zero-order chi connectivity index (χ0) is 22.3. The summed E-state index contributed by atoms with van der Waals surface area (Å²) in [6.07, 6.45) is 4.27. The molecule has 1 saturated heterocycles. The van der Waals surface area contributed by atoms with E-state index >= 15 is 0 Å². The monoisotopic (exact) mass is 443 g/mol. The molecule has 10 nitrogen and oxygen atoms in total. The number of aromatic nitrogens is 5. The average molecular weight is 444 g/mol. The first kappa shape index (κ1) is 20.8. The van der Waals surface area contributed by atoms with Crippen molar-refractivity contribution in [3.63, 3.8) is 0 Å². The predicted octanol–water partition coefficient (Wildman–Crippen LogP) is 2.69. The number of pyridine rings is 1. The number of aromatic amines is 1. The molecule has 1 aromatic carbocycles. The van der Waals surface area contributed by atoms with E-state index in [2.05, 4.69) is 51.7 Å². The first-order valence-corrected chi connectivity index (χ1v) is 10.9. The third-order valence-corrected chi connectivity index (χ3v) is 5.23. The molecule has 4 aromatic rings. The van der Waals surface area contributed by atoms with Crippen molar-refractivity contribution in [2.24, 2.45) is 5.10 Å². The zero-order valence-electron chi connectivity index (χ0n) is 18.1. The van der Waals surface area contributed by atoms with Gasteiger partial charge in [0.1, 0.15) is 0 Å². The standard InChI is InChI=1S/C23H25N9O/c1-2-7-20-17(5-1)15-19(27-20)16-26-31-22-28-21(25-10-8-18-6-3-4-9-24-18)29-23(30-22)32-11-13-33-14-12-32/h1-7,9,15-16,27H,8,10-14H2,(H2,25,28,29,30,31)/b26-16+. The first-order valence-electron chi connectivity index (χ1n) is 10.9. The van der Waals surface area contributed by atoms with E-state index in [4.69, 9.17) is 4.74 Å². The molecule has 0 radical (unpaired) electrons. The van der Waals surface area contributed by atoms with Gasteiger partial charge in [-0.1, -0.05) is 24.3 Å². The molecule has 1 aliphatic heterocycles. The summed E-state index contributed by atoms with van der Waals surface area (Å²) >= 11 is 0. The minimum Gasteiger partial charge on any atom is -0.378 e. The highest BCUT2D eigenvalue weighted by atomic mass is 16.5. The van der Waals surface area contributed by atoms with Gasteiger partial charge in [-0.3, -0.25) is 4.98 Å². The van der Waals surface area contributed by atoms with Crippen LogP contribution in [0.15, 0.2) is 59.8 Å². The van der Waals surface area contributed by atoms with Crippen LogP contribution < -0.4 is 15.6 Å². The second-order valence-corrected chi connectivity index (χ2v) is 7.56. The van der Waals surface area contributed by atoms with Gasteiger partial charge in [0, 0.05) is 48.8 Å². The smallest absolute Gasteiger partial charge is 0.250 e. The van der Waals surface area contributed by atoms with Crippen LogP contribution in [-0.4, -0.2) is 64.0 Å². The highest BCUT2D eigenvalue weighted by Crippen LogP contribution is 2.16. The quantitative estimate of drug-likeness (QED) is 0.281. The van der Waals surface area contributed by atoms with Crippen molar-refractivity contribution < 1.29 is 4.74 Å². The number of para-hydroxylation sites is 1.